The van der Waals surface area contributed by atoms with Crippen LogP contribution < -0.4 is 10.1 Å². The van der Waals surface area contributed by atoms with Crippen molar-refractivity contribution in [2.45, 2.75) is 20.4 Å². The standard InChI is InChI=1S/C18H21NO4S/c1-13(2)11-22-15-7-5-14(6-8-15)18(21)23-12-17(20)19-10-16-4-3-9-24-16/h3-9,13H,10-12H2,1-2H3,(H,19,20). The summed E-state index contributed by atoms with van der Waals surface area (Å²) in [5.41, 5.74) is 0.387. The molecule has 0 spiro atoms. The van der Waals surface area contributed by atoms with Gasteiger partial charge in [-0.3, -0.25) is 4.79 Å². The van der Waals surface area contributed by atoms with Crippen molar-refractivity contribution in [1.82, 2.24) is 5.32 Å². The van der Waals surface area contributed by atoms with Crippen LogP contribution in [0.15, 0.2) is 41.8 Å². The van der Waals surface area contributed by atoms with Gasteiger partial charge in [0.15, 0.2) is 6.61 Å². The van der Waals surface area contributed by atoms with E-state index in [-0.39, 0.29) is 12.5 Å². The summed E-state index contributed by atoms with van der Waals surface area (Å²) in [6, 6.07) is 10.5. The van der Waals surface area contributed by atoms with E-state index in [9.17, 15) is 9.59 Å². The number of ether oxygens (including phenoxy) is 2. The molecule has 24 heavy (non-hydrogen) atoms. The molecule has 0 atom stereocenters. The minimum Gasteiger partial charge on any atom is -0.493 e. The molecule has 1 amide bonds. The summed E-state index contributed by atoms with van der Waals surface area (Å²) in [6.45, 7) is 4.89. The van der Waals surface area contributed by atoms with Crippen LogP contribution >= 0.6 is 11.3 Å². The second-order valence-corrected chi connectivity index (χ2v) is 6.69. The van der Waals surface area contributed by atoms with Crippen LogP contribution in [0.2, 0.25) is 0 Å². The van der Waals surface area contributed by atoms with Gasteiger partial charge < -0.3 is 14.8 Å². The van der Waals surface area contributed by atoms with Crippen LogP contribution in [0.25, 0.3) is 0 Å². The molecule has 0 fully saturated rings. The number of thiophene rings is 1. The van der Waals surface area contributed by atoms with E-state index in [4.69, 9.17) is 9.47 Å². The van der Waals surface area contributed by atoms with Gasteiger partial charge in [-0.2, -0.15) is 0 Å². The fourth-order valence-electron chi connectivity index (χ4n) is 1.81. The molecule has 0 bridgehead atoms. The minimum absolute atomic E-state index is 0.296. The number of hydrogen-bond acceptors (Lipinski definition) is 5. The molecule has 1 aromatic heterocycles. The monoisotopic (exact) mass is 347 g/mol. The van der Waals surface area contributed by atoms with Gasteiger partial charge in [-0.1, -0.05) is 19.9 Å². The number of rotatable bonds is 8. The summed E-state index contributed by atoms with van der Waals surface area (Å²) in [4.78, 5) is 24.6. The average molecular weight is 347 g/mol. The van der Waals surface area contributed by atoms with Gasteiger partial charge in [0, 0.05) is 4.88 Å². The Hall–Kier alpha value is -2.34. The zero-order valence-corrected chi connectivity index (χ0v) is 14.6. The lowest BCUT2D eigenvalue weighted by Gasteiger charge is -2.09. The van der Waals surface area contributed by atoms with Crippen molar-refractivity contribution >= 4 is 23.2 Å². The van der Waals surface area contributed by atoms with Gasteiger partial charge in [-0.25, -0.2) is 4.79 Å². The van der Waals surface area contributed by atoms with Crippen LogP contribution in [-0.4, -0.2) is 25.1 Å². The van der Waals surface area contributed by atoms with E-state index in [0.29, 0.717) is 30.4 Å². The SMILES string of the molecule is CC(C)COc1ccc(C(=O)OCC(=O)NCc2cccs2)cc1. The molecule has 0 aliphatic rings. The molecule has 128 valence electrons. The molecule has 1 aromatic carbocycles. The van der Waals surface area contributed by atoms with Crippen LogP contribution in [0.1, 0.15) is 29.1 Å². The van der Waals surface area contributed by atoms with Crippen molar-refractivity contribution in [2.24, 2.45) is 5.92 Å². The molecule has 0 saturated carbocycles. The fraction of sp³-hybridized carbons (Fsp3) is 0.333. The largest absolute Gasteiger partial charge is 0.493 e. The third kappa shape index (κ3) is 6.04. The highest BCUT2D eigenvalue weighted by atomic mass is 32.1. The summed E-state index contributed by atoms with van der Waals surface area (Å²) >= 11 is 1.56. The zero-order valence-electron chi connectivity index (χ0n) is 13.8. The molecular weight excluding hydrogens is 326 g/mol. The fourth-order valence-corrected chi connectivity index (χ4v) is 2.46. The summed E-state index contributed by atoms with van der Waals surface area (Å²) in [5.74, 6) is 0.279. The molecule has 0 radical (unpaired) electrons. The van der Waals surface area contributed by atoms with E-state index in [1.165, 1.54) is 0 Å². The summed E-state index contributed by atoms with van der Waals surface area (Å²) in [7, 11) is 0. The maximum absolute atomic E-state index is 11.9. The smallest absolute Gasteiger partial charge is 0.338 e. The first-order valence-corrected chi connectivity index (χ1v) is 8.61. The number of carbonyl (C=O) groups is 2. The van der Waals surface area contributed by atoms with Gasteiger partial charge in [-0.15, -0.1) is 11.3 Å². The molecule has 0 aliphatic heterocycles. The third-order valence-corrected chi connectivity index (χ3v) is 3.92. The second kappa shape index (κ2) is 9.08. The van der Waals surface area contributed by atoms with E-state index < -0.39 is 5.97 Å². The third-order valence-electron chi connectivity index (χ3n) is 3.05. The van der Waals surface area contributed by atoms with Gasteiger partial charge >= 0.3 is 5.97 Å². The number of amides is 1. The highest BCUT2D eigenvalue weighted by molar-refractivity contribution is 7.09. The highest BCUT2D eigenvalue weighted by Crippen LogP contribution is 2.14. The molecule has 0 saturated heterocycles. The quantitative estimate of drug-likeness (QED) is 0.745. The molecule has 5 nitrogen and oxygen atoms in total. The number of carbonyl (C=O) groups excluding carboxylic acids is 2. The predicted molar refractivity (Wildman–Crippen MR) is 93.2 cm³/mol. The van der Waals surface area contributed by atoms with Gasteiger partial charge in [0.1, 0.15) is 5.75 Å². The lowest BCUT2D eigenvalue weighted by Crippen LogP contribution is -2.28. The first-order valence-electron chi connectivity index (χ1n) is 7.73. The van der Waals surface area contributed by atoms with Crippen LogP contribution in [0, 0.1) is 5.92 Å². The van der Waals surface area contributed by atoms with Crippen molar-refractivity contribution in [3.63, 3.8) is 0 Å². The van der Waals surface area contributed by atoms with Crippen LogP contribution in [0.3, 0.4) is 0 Å². The second-order valence-electron chi connectivity index (χ2n) is 5.66. The Labute approximate surface area is 145 Å². The molecule has 0 aliphatic carbocycles. The summed E-state index contributed by atoms with van der Waals surface area (Å²) in [6.07, 6.45) is 0. The molecule has 1 N–H and O–H groups in total. The lowest BCUT2D eigenvalue weighted by molar-refractivity contribution is -0.124. The van der Waals surface area contributed by atoms with Crippen molar-refractivity contribution < 1.29 is 19.1 Å². The van der Waals surface area contributed by atoms with Gasteiger partial charge in [-0.05, 0) is 41.6 Å². The van der Waals surface area contributed by atoms with Gasteiger partial charge in [0.2, 0.25) is 0 Å². The molecular formula is C18H21NO4S. The Morgan fingerprint density at radius 2 is 1.92 bits per heavy atom. The summed E-state index contributed by atoms with van der Waals surface area (Å²) in [5, 5.41) is 4.64. The zero-order chi connectivity index (χ0) is 17.4. The maximum Gasteiger partial charge on any atom is 0.338 e. The topological polar surface area (TPSA) is 64.6 Å². The minimum atomic E-state index is -0.531. The Bertz CT molecular complexity index is 650. The van der Waals surface area contributed by atoms with E-state index in [0.717, 1.165) is 4.88 Å². The number of nitrogens with one attached hydrogen (secondary N) is 1. The van der Waals surface area contributed by atoms with Crippen LogP contribution in [0.4, 0.5) is 0 Å². The normalized spacial score (nSPS) is 10.5. The number of benzene rings is 1. The van der Waals surface area contributed by atoms with E-state index >= 15 is 0 Å². The maximum atomic E-state index is 11.9. The highest BCUT2D eigenvalue weighted by Gasteiger charge is 2.10. The predicted octanol–water partition coefficient (Wildman–Crippen LogP) is 3.26. The van der Waals surface area contributed by atoms with Crippen molar-refractivity contribution in [2.75, 3.05) is 13.2 Å². The van der Waals surface area contributed by atoms with E-state index in [1.807, 2.05) is 17.5 Å². The Morgan fingerprint density at radius 1 is 1.17 bits per heavy atom. The molecule has 6 heteroatoms. The molecule has 2 rings (SSSR count). The van der Waals surface area contributed by atoms with E-state index in [1.54, 1.807) is 35.6 Å². The van der Waals surface area contributed by atoms with Crippen LogP contribution in [-0.2, 0) is 16.1 Å². The molecule has 2 aromatic rings. The van der Waals surface area contributed by atoms with E-state index in [2.05, 4.69) is 19.2 Å². The molecule has 1 heterocycles. The number of esters is 1. The van der Waals surface area contributed by atoms with Crippen molar-refractivity contribution in [1.29, 1.82) is 0 Å². The Kier molecular flexibility index (Phi) is 6.81. The Balaban J connectivity index is 1.74. The van der Waals surface area contributed by atoms with Crippen molar-refractivity contribution in [3.8, 4) is 5.75 Å². The van der Waals surface area contributed by atoms with Gasteiger partial charge in [0.05, 0.1) is 18.7 Å². The van der Waals surface area contributed by atoms with Crippen LogP contribution in [0.5, 0.6) is 5.75 Å². The lowest BCUT2D eigenvalue weighted by atomic mass is 10.2. The molecule has 0 unspecified atom stereocenters. The number of hydrogen-bond donors (Lipinski definition) is 1. The van der Waals surface area contributed by atoms with Gasteiger partial charge in [0.25, 0.3) is 5.91 Å². The summed E-state index contributed by atoms with van der Waals surface area (Å²) < 4.78 is 10.6. The first-order chi connectivity index (χ1) is 11.5. The average Bonchev–Trinajstić information content (AvgIpc) is 3.10. The van der Waals surface area contributed by atoms with Crippen molar-refractivity contribution in [3.05, 3.63) is 52.2 Å². The first kappa shape index (κ1) is 18.0. The Morgan fingerprint density at radius 3 is 2.54 bits per heavy atom.